The lowest BCUT2D eigenvalue weighted by Gasteiger charge is -2.16. The third kappa shape index (κ3) is 4.27. The second-order valence-corrected chi connectivity index (χ2v) is 15.2. The average Bonchev–Trinajstić information content (AvgIpc) is 3.81. The highest BCUT2D eigenvalue weighted by atomic mass is 15.0. The van der Waals surface area contributed by atoms with Gasteiger partial charge in [0.05, 0.1) is 33.1 Å². The van der Waals surface area contributed by atoms with E-state index in [9.17, 15) is 0 Å². The van der Waals surface area contributed by atoms with Crippen molar-refractivity contribution >= 4 is 87.0 Å². The van der Waals surface area contributed by atoms with Crippen LogP contribution in [0.15, 0.2) is 188 Å². The Morgan fingerprint density at radius 2 is 0.690 bits per heavy atom. The summed E-state index contributed by atoms with van der Waals surface area (Å²) in [5.74, 6) is 1.91. The zero-order valence-electron chi connectivity index (χ0n) is 31.1. The topological polar surface area (TPSA) is 47.5 Å². The highest BCUT2D eigenvalue weighted by Gasteiger charge is 2.23. The smallest absolute Gasteiger partial charge is 0.164 e. The average molecular weight is 738 g/mol. The molecule has 0 atom stereocenters. The van der Waals surface area contributed by atoms with Gasteiger partial charge in [-0.2, -0.15) is 0 Å². The van der Waals surface area contributed by atoms with E-state index < -0.39 is 0 Å². The first-order valence-electron chi connectivity index (χ1n) is 19.7. The molecule has 13 rings (SSSR count). The molecule has 0 aliphatic carbocycles. The quantitative estimate of drug-likeness (QED) is 0.170. The summed E-state index contributed by atoms with van der Waals surface area (Å²) in [6.07, 6.45) is 0. The van der Waals surface area contributed by atoms with Crippen molar-refractivity contribution in [2.45, 2.75) is 0 Å². The number of aromatic nitrogens is 5. The summed E-state index contributed by atoms with van der Waals surface area (Å²) in [7, 11) is 0. The third-order valence-electron chi connectivity index (χ3n) is 12.0. The molecule has 4 heterocycles. The molecule has 0 fully saturated rings. The summed E-state index contributed by atoms with van der Waals surface area (Å²) < 4.78 is 5.05. The van der Waals surface area contributed by atoms with Crippen molar-refractivity contribution in [2.24, 2.45) is 0 Å². The Kier molecular flexibility index (Phi) is 6.38. The lowest BCUT2D eigenvalue weighted by Crippen LogP contribution is -2.00. The van der Waals surface area contributed by atoms with Crippen molar-refractivity contribution in [3.8, 4) is 34.2 Å². The van der Waals surface area contributed by atoms with Crippen molar-refractivity contribution in [3.05, 3.63) is 188 Å². The van der Waals surface area contributed by atoms with Crippen molar-refractivity contribution < 1.29 is 0 Å². The maximum atomic E-state index is 5.26. The lowest BCUT2D eigenvalue weighted by molar-refractivity contribution is 1.07. The van der Waals surface area contributed by atoms with Gasteiger partial charge in [0.15, 0.2) is 17.5 Å². The fourth-order valence-corrected chi connectivity index (χ4v) is 9.65. The molecular formula is C53H31N5. The Labute approximate surface area is 331 Å². The minimum absolute atomic E-state index is 0.630. The Hall–Kier alpha value is -7.89. The fourth-order valence-electron chi connectivity index (χ4n) is 9.65. The summed E-state index contributed by atoms with van der Waals surface area (Å²) in [5, 5.41) is 11.9. The monoisotopic (exact) mass is 737 g/mol. The number of para-hydroxylation sites is 3. The van der Waals surface area contributed by atoms with E-state index in [1.165, 1.54) is 59.6 Å². The maximum absolute atomic E-state index is 5.26. The Morgan fingerprint density at radius 1 is 0.259 bits per heavy atom. The first-order valence-corrected chi connectivity index (χ1v) is 19.7. The molecule has 4 aromatic heterocycles. The van der Waals surface area contributed by atoms with E-state index in [4.69, 9.17) is 15.0 Å². The van der Waals surface area contributed by atoms with Crippen molar-refractivity contribution in [2.75, 3.05) is 0 Å². The molecule has 0 unspecified atom stereocenters. The van der Waals surface area contributed by atoms with Crippen LogP contribution in [-0.2, 0) is 0 Å². The number of rotatable bonds is 3. The van der Waals surface area contributed by atoms with Crippen molar-refractivity contribution in [3.63, 3.8) is 0 Å². The van der Waals surface area contributed by atoms with Crippen LogP contribution in [0.4, 0.5) is 0 Å². The van der Waals surface area contributed by atoms with Crippen LogP contribution in [0.25, 0.3) is 121 Å². The van der Waals surface area contributed by atoms with Gasteiger partial charge < -0.3 is 8.80 Å². The number of hydrogen-bond acceptors (Lipinski definition) is 3. The Morgan fingerprint density at radius 3 is 1.34 bits per heavy atom. The molecule has 5 heteroatoms. The number of fused-ring (bicyclic) bond motifs is 15. The molecule has 0 amide bonds. The van der Waals surface area contributed by atoms with Gasteiger partial charge in [-0.1, -0.05) is 158 Å². The van der Waals surface area contributed by atoms with Crippen molar-refractivity contribution in [1.82, 2.24) is 23.8 Å². The molecule has 0 aliphatic rings. The van der Waals surface area contributed by atoms with Crippen LogP contribution in [0.5, 0.6) is 0 Å². The molecule has 0 spiro atoms. The zero-order chi connectivity index (χ0) is 37.9. The predicted octanol–water partition coefficient (Wildman–Crippen LogP) is 13.5. The fraction of sp³-hybridized carbons (Fsp3) is 0. The van der Waals surface area contributed by atoms with Gasteiger partial charge in [0, 0.05) is 54.4 Å². The van der Waals surface area contributed by atoms with Crippen LogP contribution < -0.4 is 0 Å². The van der Waals surface area contributed by atoms with E-state index in [-0.39, 0.29) is 0 Å². The van der Waals surface area contributed by atoms with Gasteiger partial charge in [0.1, 0.15) is 0 Å². The molecule has 0 saturated heterocycles. The molecule has 9 aromatic carbocycles. The van der Waals surface area contributed by atoms with E-state index in [0.29, 0.717) is 17.5 Å². The van der Waals surface area contributed by atoms with Crippen LogP contribution in [0.1, 0.15) is 0 Å². The lowest BCUT2D eigenvalue weighted by atomic mass is 9.94. The maximum Gasteiger partial charge on any atom is 0.164 e. The van der Waals surface area contributed by atoms with E-state index in [1.807, 2.05) is 36.4 Å². The number of hydrogen-bond donors (Lipinski definition) is 0. The summed E-state index contributed by atoms with van der Waals surface area (Å²) in [6, 6.07) is 67.4. The molecule has 5 nitrogen and oxygen atoms in total. The highest BCUT2D eigenvalue weighted by molar-refractivity contribution is 6.34. The number of benzene rings is 9. The molecule has 268 valence electrons. The largest absolute Gasteiger partial charge is 0.306 e. The first-order chi connectivity index (χ1) is 28.8. The highest BCUT2D eigenvalue weighted by Crippen LogP contribution is 2.46. The normalized spacial score (nSPS) is 12.1. The van der Waals surface area contributed by atoms with E-state index in [0.717, 1.165) is 44.0 Å². The van der Waals surface area contributed by atoms with E-state index in [2.05, 4.69) is 160 Å². The molecule has 0 bridgehead atoms. The molecular weight excluding hydrogens is 707 g/mol. The van der Waals surface area contributed by atoms with Gasteiger partial charge in [-0.05, 0) is 46.5 Å². The van der Waals surface area contributed by atoms with Gasteiger partial charge in [-0.25, -0.2) is 15.0 Å². The summed E-state index contributed by atoms with van der Waals surface area (Å²) in [6.45, 7) is 0. The Balaban J connectivity index is 1.33. The van der Waals surface area contributed by atoms with Gasteiger partial charge in [-0.15, -0.1) is 0 Å². The SMILES string of the molecule is c1ccc(-c2nc(-c3ccccc3)nc(-c3cc4c5ccccc5n5c6cccc7c8ccccc8n(c8c9ccccc9c9ccccc9c8c(c3)c45)c76)n2)cc1. The summed E-state index contributed by atoms with van der Waals surface area (Å²) in [4.78, 5) is 15.6. The van der Waals surface area contributed by atoms with Crippen LogP contribution in [0, 0.1) is 0 Å². The van der Waals surface area contributed by atoms with Crippen LogP contribution in [0.2, 0.25) is 0 Å². The molecule has 0 radical (unpaired) electrons. The van der Waals surface area contributed by atoms with Crippen LogP contribution in [0.3, 0.4) is 0 Å². The second-order valence-electron chi connectivity index (χ2n) is 15.2. The zero-order valence-corrected chi connectivity index (χ0v) is 31.1. The third-order valence-corrected chi connectivity index (χ3v) is 12.0. The predicted molar refractivity (Wildman–Crippen MR) is 241 cm³/mol. The molecule has 58 heavy (non-hydrogen) atoms. The molecule has 13 aromatic rings. The van der Waals surface area contributed by atoms with Gasteiger partial charge in [0.2, 0.25) is 0 Å². The first kappa shape index (κ1) is 31.3. The molecule has 0 saturated carbocycles. The standard InChI is InChI=1S/C53H31N5/c1-3-16-32(17-4-1)51-54-52(33-18-5-2-6-19-33)56-53(55-51)34-30-42-38-23-12-13-27-44(38)57-46-29-15-26-41-37-22-11-14-28-45(37)58(49(41)46)50-40-25-10-8-21-36(40)35-20-7-9-24-39(35)47(50)43(31-34)48(42)57/h1-31H. The van der Waals surface area contributed by atoms with Gasteiger partial charge in [-0.3, -0.25) is 0 Å². The van der Waals surface area contributed by atoms with E-state index in [1.54, 1.807) is 0 Å². The minimum Gasteiger partial charge on any atom is -0.306 e. The second kappa shape index (κ2) is 11.8. The molecule has 0 N–H and O–H groups in total. The van der Waals surface area contributed by atoms with Crippen molar-refractivity contribution in [1.29, 1.82) is 0 Å². The Bertz CT molecular complexity index is 3790. The van der Waals surface area contributed by atoms with Gasteiger partial charge in [0.25, 0.3) is 0 Å². The molecule has 0 aliphatic heterocycles. The minimum atomic E-state index is 0.630. The van der Waals surface area contributed by atoms with Gasteiger partial charge >= 0.3 is 0 Å². The van der Waals surface area contributed by atoms with Crippen LogP contribution in [-0.4, -0.2) is 23.8 Å². The van der Waals surface area contributed by atoms with Crippen LogP contribution >= 0.6 is 0 Å². The summed E-state index contributed by atoms with van der Waals surface area (Å²) >= 11 is 0. The van der Waals surface area contributed by atoms with E-state index >= 15 is 0 Å². The number of nitrogens with zero attached hydrogens (tertiary/aromatic N) is 5. The summed E-state index contributed by atoms with van der Waals surface area (Å²) in [5.41, 5.74) is 9.83.